The Hall–Kier alpha value is -0.780. The van der Waals surface area contributed by atoms with Crippen LogP contribution in [0.3, 0.4) is 0 Å². The Labute approximate surface area is 76.7 Å². The molecule has 0 saturated carbocycles. The molecule has 0 aliphatic carbocycles. The van der Waals surface area contributed by atoms with Crippen molar-refractivity contribution in [2.45, 2.75) is 33.6 Å². The van der Waals surface area contributed by atoms with E-state index in [1.54, 1.807) is 0 Å². The Morgan fingerprint density at radius 2 is 2.08 bits per heavy atom. The number of hydrogen-bond donors (Lipinski definition) is 0. The first-order valence-electron chi connectivity index (χ1n) is 4.43. The molecule has 0 amide bonds. The van der Waals surface area contributed by atoms with Gasteiger partial charge in [-0.1, -0.05) is 30.7 Å². The Balaban J connectivity index is 4.37. The molecular formula is C12H20. The van der Waals surface area contributed by atoms with Gasteiger partial charge in [0.05, 0.1) is 0 Å². The van der Waals surface area contributed by atoms with Gasteiger partial charge in [0, 0.05) is 0 Å². The molecule has 0 N–H and O–H groups in total. The summed E-state index contributed by atoms with van der Waals surface area (Å²) in [4.78, 5) is 0. The van der Waals surface area contributed by atoms with Crippen molar-refractivity contribution >= 4 is 0 Å². The van der Waals surface area contributed by atoms with E-state index in [-0.39, 0.29) is 5.41 Å². The van der Waals surface area contributed by atoms with Crippen LogP contribution in [0, 0.1) is 5.41 Å². The van der Waals surface area contributed by atoms with Crippen molar-refractivity contribution in [1.29, 1.82) is 0 Å². The molecule has 0 spiro atoms. The minimum absolute atomic E-state index is 0.225. The van der Waals surface area contributed by atoms with Gasteiger partial charge in [-0.15, -0.1) is 13.2 Å². The van der Waals surface area contributed by atoms with E-state index in [9.17, 15) is 0 Å². The van der Waals surface area contributed by atoms with E-state index in [0.717, 1.165) is 12.8 Å². The fourth-order valence-electron chi connectivity index (χ4n) is 1.62. The lowest BCUT2D eigenvalue weighted by molar-refractivity contribution is 0.429. The summed E-state index contributed by atoms with van der Waals surface area (Å²) >= 11 is 0. The third kappa shape index (κ3) is 4.17. The largest absolute Gasteiger partial charge is 0.103 e. The van der Waals surface area contributed by atoms with Gasteiger partial charge in [0.15, 0.2) is 0 Å². The van der Waals surface area contributed by atoms with Crippen LogP contribution in [0.5, 0.6) is 0 Å². The first kappa shape index (κ1) is 11.2. The molecule has 0 aromatic carbocycles. The first-order chi connectivity index (χ1) is 5.54. The molecule has 68 valence electrons. The van der Waals surface area contributed by atoms with Crippen LogP contribution in [0.15, 0.2) is 37.0 Å². The Morgan fingerprint density at radius 3 is 2.42 bits per heavy atom. The zero-order chi connectivity index (χ0) is 9.61. The molecular weight excluding hydrogens is 144 g/mol. The van der Waals surface area contributed by atoms with Gasteiger partial charge in [-0.3, -0.25) is 0 Å². The van der Waals surface area contributed by atoms with Crippen LogP contribution >= 0.6 is 0 Å². The van der Waals surface area contributed by atoms with Gasteiger partial charge in [-0.2, -0.15) is 0 Å². The number of allylic oxidation sites excluding steroid dienone is 4. The normalized spacial score (nSPS) is 15.9. The van der Waals surface area contributed by atoms with E-state index in [1.807, 2.05) is 6.08 Å². The Morgan fingerprint density at radius 1 is 1.50 bits per heavy atom. The van der Waals surface area contributed by atoms with Gasteiger partial charge < -0.3 is 0 Å². The van der Waals surface area contributed by atoms with Crippen LogP contribution in [0.2, 0.25) is 0 Å². The van der Waals surface area contributed by atoms with Crippen molar-refractivity contribution in [1.82, 2.24) is 0 Å². The second-order valence-corrected chi connectivity index (χ2v) is 3.78. The number of rotatable bonds is 5. The second kappa shape index (κ2) is 4.97. The lowest BCUT2D eigenvalue weighted by Gasteiger charge is -2.24. The molecule has 12 heavy (non-hydrogen) atoms. The summed E-state index contributed by atoms with van der Waals surface area (Å²) in [5, 5.41) is 0. The summed E-state index contributed by atoms with van der Waals surface area (Å²) in [6.45, 7) is 14.1. The molecule has 0 aromatic heterocycles. The molecule has 1 atom stereocenters. The summed E-state index contributed by atoms with van der Waals surface area (Å²) in [5.41, 5.74) is 1.46. The molecule has 0 rings (SSSR count). The molecule has 0 heteroatoms. The molecule has 1 unspecified atom stereocenters. The van der Waals surface area contributed by atoms with Gasteiger partial charge in [0.25, 0.3) is 0 Å². The minimum atomic E-state index is 0.225. The van der Waals surface area contributed by atoms with E-state index in [0.29, 0.717) is 0 Å². The van der Waals surface area contributed by atoms with E-state index < -0.39 is 0 Å². The topological polar surface area (TPSA) is 0 Å². The van der Waals surface area contributed by atoms with Crippen molar-refractivity contribution in [2.75, 3.05) is 0 Å². The highest BCUT2D eigenvalue weighted by Crippen LogP contribution is 2.31. The summed E-state index contributed by atoms with van der Waals surface area (Å²) in [6.07, 6.45) is 8.38. The maximum Gasteiger partial charge on any atom is -0.00754 e. The summed E-state index contributed by atoms with van der Waals surface area (Å²) in [5.74, 6) is 0. The van der Waals surface area contributed by atoms with Gasteiger partial charge in [0.2, 0.25) is 0 Å². The van der Waals surface area contributed by atoms with Gasteiger partial charge >= 0.3 is 0 Å². The summed E-state index contributed by atoms with van der Waals surface area (Å²) in [6, 6.07) is 0. The van der Waals surface area contributed by atoms with E-state index in [4.69, 9.17) is 0 Å². The molecule has 0 heterocycles. The maximum atomic E-state index is 3.94. The van der Waals surface area contributed by atoms with Crippen LogP contribution in [-0.2, 0) is 0 Å². The molecule has 0 fully saturated rings. The average Bonchev–Trinajstić information content (AvgIpc) is 1.85. The maximum absolute atomic E-state index is 3.94. The van der Waals surface area contributed by atoms with Crippen LogP contribution in [0.25, 0.3) is 0 Å². The summed E-state index contributed by atoms with van der Waals surface area (Å²) < 4.78 is 0. The lowest BCUT2D eigenvalue weighted by atomic mass is 9.81. The third-order valence-corrected chi connectivity index (χ3v) is 1.89. The van der Waals surface area contributed by atoms with Crippen LogP contribution in [-0.4, -0.2) is 0 Å². The monoisotopic (exact) mass is 164 g/mol. The molecule has 0 nitrogen and oxygen atoms in total. The van der Waals surface area contributed by atoms with Gasteiger partial charge in [-0.25, -0.2) is 0 Å². The second-order valence-electron chi connectivity index (χ2n) is 3.78. The van der Waals surface area contributed by atoms with E-state index >= 15 is 0 Å². The summed E-state index contributed by atoms with van der Waals surface area (Å²) in [7, 11) is 0. The molecule has 0 saturated heterocycles. The fourth-order valence-corrected chi connectivity index (χ4v) is 1.62. The number of hydrogen-bond acceptors (Lipinski definition) is 0. The standard InChI is InChI=1S/C12H20/c1-6-8-12(5,9-7-2)10-11(3)4/h6-7,9H,1,3,8,10H2,2,4-5H3. The predicted molar refractivity (Wildman–Crippen MR) is 57.2 cm³/mol. The van der Waals surface area contributed by atoms with Crippen molar-refractivity contribution in [3.8, 4) is 0 Å². The molecule has 0 radical (unpaired) electrons. The van der Waals surface area contributed by atoms with Gasteiger partial charge in [-0.05, 0) is 32.1 Å². The minimum Gasteiger partial charge on any atom is -0.103 e. The van der Waals surface area contributed by atoms with Crippen LogP contribution in [0.4, 0.5) is 0 Å². The average molecular weight is 164 g/mol. The van der Waals surface area contributed by atoms with Crippen molar-refractivity contribution < 1.29 is 0 Å². The highest BCUT2D eigenvalue weighted by molar-refractivity contribution is 5.06. The Bertz CT molecular complexity index is 186. The van der Waals surface area contributed by atoms with E-state index in [1.165, 1.54) is 5.57 Å². The van der Waals surface area contributed by atoms with Crippen molar-refractivity contribution in [2.24, 2.45) is 5.41 Å². The van der Waals surface area contributed by atoms with Crippen LogP contribution in [0.1, 0.15) is 33.6 Å². The SMILES string of the molecule is C=CCC(C)(C=CC)CC(=C)C. The third-order valence-electron chi connectivity index (χ3n) is 1.89. The Kier molecular flexibility index (Phi) is 4.65. The van der Waals surface area contributed by atoms with Crippen LogP contribution < -0.4 is 0 Å². The van der Waals surface area contributed by atoms with Crippen molar-refractivity contribution in [3.05, 3.63) is 37.0 Å². The van der Waals surface area contributed by atoms with E-state index in [2.05, 4.69) is 46.1 Å². The predicted octanol–water partition coefficient (Wildman–Crippen LogP) is 4.11. The fraction of sp³-hybridized carbons (Fsp3) is 0.500. The molecule has 0 aliphatic heterocycles. The molecule has 0 aromatic rings. The quantitative estimate of drug-likeness (QED) is 0.536. The van der Waals surface area contributed by atoms with Crippen molar-refractivity contribution in [3.63, 3.8) is 0 Å². The molecule has 0 bridgehead atoms. The highest BCUT2D eigenvalue weighted by atomic mass is 14.2. The zero-order valence-electron chi connectivity index (χ0n) is 8.56. The zero-order valence-corrected chi connectivity index (χ0v) is 8.56. The van der Waals surface area contributed by atoms with Gasteiger partial charge in [0.1, 0.15) is 0 Å². The smallest absolute Gasteiger partial charge is 0.00754 e. The lowest BCUT2D eigenvalue weighted by Crippen LogP contribution is -2.12. The molecule has 0 aliphatic rings. The first-order valence-corrected chi connectivity index (χ1v) is 4.43. The highest BCUT2D eigenvalue weighted by Gasteiger charge is 2.18.